The van der Waals surface area contributed by atoms with Crippen molar-refractivity contribution in [2.75, 3.05) is 13.1 Å². The van der Waals surface area contributed by atoms with Crippen molar-refractivity contribution in [3.05, 3.63) is 69.7 Å². The molecule has 0 bridgehead atoms. The zero-order chi connectivity index (χ0) is 18.4. The summed E-state index contributed by atoms with van der Waals surface area (Å²) < 4.78 is 0. The maximum absolute atomic E-state index is 12.0. The van der Waals surface area contributed by atoms with Crippen LogP contribution in [0.2, 0.25) is 10.0 Å². The number of carbonyl (C=O) groups is 2. The minimum Gasteiger partial charge on any atom is -0.354 e. The van der Waals surface area contributed by atoms with E-state index < -0.39 is 0 Å². The lowest BCUT2D eigenvalue weighted by Crippen LogP contribution is -2.42. The van der Waals surface area contributed by atoms with E-state index in [0.717, 1.165) is 5.56 Å². The molecule has 2 rings (SSSR count). The van der Waals surface area contributed by atoms with Crippen molar-refractivity contribution in [2.24, 2.45) is 0 Å². The third kappa shape index (κ3) is 5.48. The van der Waals surface area contributed by atoms with Crippen LogP contribution in [0.3, 0.4) is 0 Å². The molecule has 0 saturated carbocycles. The third-order valence-corrected chi connectivity index (χ3v) is 4.46. The maximum Gasteiger partial charge on any atom is 0.253 e. The number of hydrogen-bond acceptors (Lipinski definition) is 2. The second kappa shape index (κ2) is 8.37. The van der Waals surface area contributed by atoms with Gasteiger partial charge in [-0.2, -0.15) is 0 Å². The van der Waals surface area contributed by atoms with Crippen LogP contribution < -0.4 is 10.6 Å². The molecule has 0 heterocycles. The summed E-state index contributed by atoms with van der Waals surface area (Å²) >= 11 is 11.9. The highest BCUT2D eigenvalue weighted by atomic mass is 35.5. The summed E-state index contributed by atoms with van der Waals surface area (Å²) in [5.74, 6) is -0.639. The number of benzene rings is 2. The van der Waals surface area contributed by atoms with Gasteiger partial charge in [0.15, 0.2) is 0 Å². The predicted molar refractivity (Wildman–Crippen MR) is 101 cm³/mol. The molecule has 0 radical (unpaired) electrons. The zero-order valence-corrected chi connectivity index (χ0v) is 15.6. The van der Waals surface area contributed by atoms with E-state index >= 15 is 0 Å². The molecule has 2 N–H and O–H groups in total. The Balaban J connectivity index is 1.85. The monoisotopic (exact) mass is 378 g/mol. The molecule has 0 atom stereocenters. The summed E-state index contributed by atoms with van der Waals surface area (Å²) in [7, 11) is 0. The molecular formula is C19H20Cl2N2O2. The van der Waals surface area contributed by atoms with Crippen LogP contribution in [0.5, 0.6) is 0 Å². The number of halogens is 2. The fourth-order valence-corrected chi connectivity index (χ4v) is 2.63. The van der Waals surface area contributed by atoms with Crippen LogP contribution in [-0.2, 0) is 10.2 Å². The molecular weight excluding hydrogens is 359 g/mol. The zero-order valence-electron chi connectivity index (χ0n) is 14.1. The molecule has 2 aromatic rings. The van der Waals surface area contributed by atoms with Crippen LogP contribution in [0, 0.1) is 0 Å². The topological polar surface area (TPSA) is 58.2 Å². The molecule has 0 spiro atoms. The van der Waals surface area contributed by atoms with Gasteiger partial charge in [0.05, 0.1) is 17.1 Å². The van der Waals surface area contributed by atoms with Gasteiger partial charge in [0.1, 0.15) is 0 Å². The van der Waals surface area contributed by atoms with Gasteiger partial charge in [-0.05, 0) is 29.8 Å². The van der Waals surface area contributed by atoms with Crippen LogP contribution in [0.15, 0.2) is 48.5 Å². The minimum atomic E-state index is -0.377. The Kier molecular flexibility index (Phi) is 6.45. The first-order chi connectivity index (χ1) is 11.8. The van der Waals surface area contributed by atoms with Crippen molar-refractivity contribution in [3.63, 3.8) is 0 Å². The predicted octanol–water partition coefficient (Wildman–Crippen LogP) is 3.82. The number of carbonyl (C=O) groups excluding carboxylic acids is 2. The van der Waals surface area contributed by atoms with Gasteiger partial charge >= 0.3 is 0 Å². The van der Waals surface area contributed by atoms with Crippen molar-refractivity contribution in [1.82, 2.24) is 10.6 Å². The first-order valence-electron chi connectivity index (χ1n) is 7.85. The second-order valence-corrected chi connectivity index (χ2v) is 7.17. The van der Waals surface area contributed by atoms with Crippen molar-refractivity contribution in [1.29, 1.82) is 0 Å². The number of nitrogens with one attached hydrogen (secondary N) is 2. The Morgan fingerprint density at radius 2 is 1.60 bits per heavy atom. The van der Waals surface area contributed by atoms with Crippen molar-refractivity contribution in [3.8, 4) is 0 Å². The third-order valence-electron chi connectivity index (χ3n) is 3.88. The van der Waals surface area contributed by atoms with Gasteiger partial charge in [-0.3, -0.25) is 9.59 Å². The molecule has 0 aliphatic rings. The number of rotatable bonds is 6. The molecule has 0 aliphatic heterocycles. The number of hydrogen-bond donors (Lipinski definition) is 2. The van der Waals surface area contributed by atoms with E-state index in [9.17, 15) is 9.59 Å². The normalized spacial score (nSPS) is 11.0. The van der Waals surface area contributed by atoms with Crippen LogP contribution >= 0.6 is 23.2 Å². The van der Waals surface area contributed by atoms with Gasteiger partial charge in [-0.25, -0.2) is 0 Å². The van der Waals surface area contributed by atoms with Crippen molar-refractivity contribution in [2.45, 2.75) is 19.3 Å². The van der Waals surface area contributed by atoms with Crippen molar-refractivity contribution >= 4 is 35.0 Å². The smallest absolute Gasteiger partial charge is 0.253 e. The van der Waals surface area contributed by atoms with Gasteiger partial charge < -0.3 is 10.6 Å². The molecule has 2 amide bonds. The van der Waals surface area contributed by atoms with Crippen LogP contribution in [-0.4, -0.2) is 24.9 Å². The standard InChI is InChI=1S/C19H20Cl2N2O2/c1-19(2,13-7-9-14(20)10-8-13)12-23-17(24)11-22-18(25)15-5-3-4-6-16(15)21/h3-10H,11-12H2,1-2H3,(H,22,25)(H,23,24). The Morgan fingerprint density at radius 3 is 2.24 bits per heavy atom. The lowest BCUT2D eigenvalue weighted by Gasteiger charge is -2.25. The molecule has 0 fully saturated rings. The SMILES string of the molecule is CC(C)(CNC(=O)CNC(=O)c1ccccc1Cl)c1ccc(Cl)cc1. The van der Waals surface area contributed by atoms with Crippen molar-refractivity contribution < 1.29 is 9.59 Å². The first kappa shape index (κ1) is 19.3. The van der Waals surface area contributed by atoms with Gasteiger partial charge in [-0.1, -0.05) is 61.3 Å². The van der Waals surface area contributed by atoms with E-state index in [1.54, 1.807) is 24.3 Å². The molecule has 0 unspecified atom stereocenters. The fraction of sp³-hybridized carbons (Fsp3) is 0.263. The van der Waals surface area contributed by atoms with Gasteiger partial charge in [-0.15, -0.1) is 0 Å². The van der Waals surface area contributed by atoms with Crippen LogP contribution in [0.1, 0.15) is 29.8 Å². The van der Waals surface area contributed by atoms with E-state index in [-0.39, 0.29) is 23.8 Å². The van der Waals surface area contributed by atoms with E-state index in [0.29, 0.717) is 22.2 Å². The quantitative estimate of drug-likeness (QED) is 0.802. The second-order valence-electron chi connectivity index (χ2n) is 6.33. The first-order valence-corrected chi connectivity index (χ1v) is 8.61. The van der Waals surface area contributed by atoms with Gasteiger partial charge in [0, 0.05) is 17.0 Å². The van der Waals surface area contributed by atoms with Crippen LogP contribution in [0.25, 0.3) is 0 Å². The van der Waals surface area contributed by atoms with E-state index in [1.165, 1.54) is 0 Å². The summed E-state index contributed by atoms with van der Waals surface area (Å²) in [6.45, 7) is 4.38. The highest BCUT2D eigenvalue weighted by Crippen LogP contribution is 2.23. The Morgan fingerprint density at radius 1 is 0.960 bits per heavy atom. The summed E-state index contributed by atoms with van der Waals surface area (Å²) in [6, 6.07) is 14.2. The van der Waals surface area contributed by atoms with Crippen LogP contribution in [0.4, 0.5) is 0 Å². The number of amides is 2. The maximum atomic E-state index is 12.0. The highest BCUT2D eigenvalue weighted by Gasteiger charge is 2.21. The molecule has 0 aliphatic carbocycles. The summed E-state index contributed by atoms with van der Waals surface area (Å²) in [5, 5.41) is 6.43. The average molecular weight is 379 g/mol. The lowest BCUT2D eigenvalue weighted by molar-refractivity contribution is -0.120. The Bertz CT molecular complexity index is 758. The largest absolute Gasteiger partial charge is 0.354 e. The van der Waals surface area contributed by atoms with E-state index in [1.807, 2.05) is 38.1 Å². The Labute approximate surface area is 157 Å². The Hall–Kier alpha value is -2.04. The molecule has 2 aromatic carbocycles. The molecule has 4 nitrogen and oxygen atoms in total. The minimum absolute atomic E-state index is 0.110. The lowest BCUT2D eigenvalue weighted by atomic mass is 9.84. The highest BCUT2D eigenvalue weighted by molar-refractivity contribution is 6.33. The molecule has 0 aromatic heterocycles. The molecule has 6 heteroatoms. The van der Waals surface area contributed by atoms with E-state index in [2.05, 4.69) is 10.6 Å². The average Bonchev–Trinajstić information content (AvgIpc) is 2.59. The van der Waals surface area contributed by atoms with E-state index in [4.69, 9.17) is 23.2 Å². The van der Waals surface area contributed by atoms with Gasteiger partial charge in [0.2, 0.25) is 5.91 Å². The molecule has 0 saturated heterocycles. The summed E-state index contributed by atoms with van der Waals surface area (Å²) in [4.78, 5) is 24.1. The fourth-order valence-electron chi connectivity index (χ4n) is 2.29. The summed E-state index contributed by atoms with van der Waals surface area (Å²) in [5.41, 5.74) is 1.16. The summed E-state index contributed by atoms with van der Waals surface area (Å²) in [6.07, 6.45) is 0. The molecule has 132 valence electrons. The van der Waals surface area contributed by atoms with Gasteiger partial charge in [0.25, 0.3) is 5.91 Å². The molecule has 25 heavy (non-hydrogen) atoms.